The van der Waals surface area contributed by atoms with Gasteiger partial charge in [0.1, 0.15) is 0 Å². The first-order valence-electron chi connectivity index (χ1n) is 6.27. The number of rotatable bonds is 4. The molecule has 1 saturated heterocycles. The zero-order valence-corrected chi connectivity index (χ0v) is 11.8. The van der Waals surface area contributed by atoms with Crippen LogP contribution in [0.1, 0.15) is 19.3 Å². The first kappa shape index (κ1) is 15.3. The standard InChI is InChI=1S/C11H13N3O6S/c15-13(16)9-4-5-11(10(8-9)14(17)18)21(19,20)12-6-2-1-3-7-12/h4-5,8H,1-3,6-7H2. The second-order valence-corrected chi connectivity index (χ2v) is 6.54. The van der Waals surface area contributed by atoms with Crippen molar-refractivity contribution in [1.82, 2.24) is 4.31 Å². The van der Waals surface area contributed by atoms with Crippen LogP contribution in [0.5, 0.6) is 0 Å². The number of benzene rings is 1. The summed E-state index contributed by atoms with van der Waals surface area (Å²) < 4.78 is 26.1. The predicted octanol–water partition coefficient (Wildman–Crippen LogP) is 1.68. The lowest BCUT2D eigenvalue weighted by Crippen LogP contribution is -2.35. The molecule has 1 heterocycles. The van der Waals surface area contributed by atoms with Crippen molar-refractivity contribution in [3.8, 4) is 0 Å². The fourth-order valence-electron chi connectivity index (χ4n) is 2.22. The molecule has 1 fully saturated rings. The maximum atomic E-state index is 12.4. The van der Waals surface area contributed by atoms with E-state index in [0.29, 0.717) is 32.0 Å². The van der Waals surface area contributed by atoms with E-state index in [4.69, 9.17) is 0 Å². The van der Waals surface area contributed by atoms with Gasteiger partial charge in [-0.2, -0.15) is 4.31 Å². The molecule has 114 valence electrons. The predicted molar refractivity (Wildman–Crippen MR) is 72.4 cm³/mol. The Morgan fingerprint density at radius 1 is 1.00 bits per heavy atom. The van der Waals surface area contributed by atoms with Gasteiger partial charge in [0.25, 0.3) is 11.4 Å². The lowest BCUT2D eigenvalue weighted by atomic mass is 10.2. The zero-order valence-electron chi connectivity index (χ0n) is 11.0. The maximum absolute atomic E-state index is 12.4. The molecule has 0 unspecified atom stereocenters. The number of non-ortho nitro benzene ring substituents is 1. The Morgan fingerprint density at radius 2 is 1.62 bits per heavy atom. The molecule has 9 nitrogen and oxygen atoms in total. The molecule has 0 aliphatic carbocycles. The molecule has 0 amide bonds. The molecule has 0 aromatic heterocycles. The normalized spacial score (nSPS) is 16.6. The summed E-state index contributed by atoms with van der Waals surface area (Å²) in [4.78, 5) is 19.5. The molecule has 1 aliphatic rings. The van der Waals surface area contributed by atoms with Crippen molar-refractivity contribution in [2.75, 3.05) is 13.1 Å². The van der Waals surface area contributed by atoms with E-state index in [9.17, 15) is 28.6 Å². The number of hydrogen-bond acceptors (Lipinski definition) is 6. The van der Waals surface area contributed by atoms with E-state index in [0.717, 1.165) is 18.6 Å². The Labute approximate surface area is 120 Å². The van der Waals surface area contributed by atoms with Crippen LogP contribution in [0.15, 0.2) is 23.1 Å². The van der Waals surface area contributed by atoms with Crippen LogP contribution in [-0.2, 0) is 10.0 Å². The van der Waals surface area contributed by atoms with Gasteiger partial charge in [-0.3, -0.25) is 20.2 Å². The molecular formula is C11H13N3O6S. The van der Waals surface area contributed by atoms with Crippen LogP contribution < -0.4 is 0 Å². The molecule has 1 aromatic rings. The summed E-state index contributed by atoms with van der Waals surface area (Å²) in [6.45, 7) is 0.604. The van der Waals surface area contributed by atoms with E-state index < -0.39 is 36.1 Å². The Balaban J connectivity index is 2.51. The van der Waals surface area contributed by atoms with Crippen LogP contribution in [0.3, 0.4) is 0 Å². The molecule has 0 N–H and O–H groups in total. The molecule has 2 rings (SSSR count). The summed E-state index contributed by atoms with van der Waals surface area (Å²) in [5.74, 6) is 0. The first-order valence-corrected chi connectivity index (χ1v) is 7.71. The van der Waals surface area contributed by atoms with Gasteiger partial charge >= 0.3 is 0 Å². The Bertz CT molecular complexity index is 681. The van der Waals surface area contributed by atoms with Gasteiger partial charge in [0.15, 0.2) is 4.90 Å². The van der Waals surface area contributed by atoms with E-state index in [2.05, 4.69) is 0 Å². The molecule has 0 radical (unpaired) electrons. The minimum absolute atomic E-state index is 0.302. The van der Waals surface area contributed by atoms with Gasteiger partial charge < -0.3 is 0 Å². The number of nitrogens with zero attached hydrogens (tertiary/aromatic N) is 3. The maximum Gasteiger partial charge on any atom is 0.296 e. The molecule has 0 bridgehead atoms. The lowest BCUT2D eigenvalue weighted by Gasteiger charge is -2.25. The SMILES string of the molecule is O=[N+]([O-])c1ccc(S(=O)(=O)N2CCCCC2)c([N+](=O)[O-])c1. The summed E-state index contributed by atoms with van der Waals surface area (Å²) in [5.41, 5.74) is -1.28. The fourth-order valence-corrected chi connectivity index (χ4v) is 3.88. The summed E-state index contributed by atoms with van der Waals surface area (Å²) in [6.07, 6.45) is 2.30. The van der Waals surface area contributed by atoms with E-state index in [-0.39, 0.29) is 0 Å². The van der Waals surface area contributed by atoms with Crippen molar-refractivity contribution in [2.24, 2.45) is 0 Å². The summed E-state index contributed by atoms with van der Waals surface area (Å²) in [5, 5.41) is 21.7. The zero-order chi connectivity index (χ0) is 15.6. The van der Waals surface area contributed by atoms with Crippen molar-refractivity contribution in [3.05, 3.63) is 38.4 Å². The van der Waals surface area contributed by atoms with Crippen LogP contribution in [-0.4, -0.2) is 35.7 Å². The average molecular weight is 315 g/mol. The topological polar surface area (TPSA) is 124 Å². The Hall–Kier alpha value is -2.07. The van der Waals surface area contributed by atoms with Crippen LogP contribution in [0.25, 0.3) is 0 Å². The Morgan fingerprint density at radius 3 is 2.14 bits per heavy atom. The third kappa shape index (κ3) is 3.00. The molecule has 0 saturated carbocycles. The van der Waals surface area contributed by atoms with E-state index in [1.807, 2.05) is 0 Å². The average Bonchev–Trinajstić information content (AvgIpc) is 2.47. The number of sulfonamides is 1. The molecule has 1 aromatic carbocycles. The highest BCUT2D eigenvalue weighted by Gasteiger charge is 2.33. The lowest BCUT2D eigenvalue weighted by molar-refractivity contribution is -0.396. The van der Waals surface area contributed by atoms with Gasteiger partial charge in [0.05, 0.1) is 15.9 Å². The summed E-state index contributed by atoms with van der Waals surface area (Å²) >= 11 is 0. The van der Waals surface area contributed by atoms with Crippen molar-refractivity contribution < 1.29 is 18.3 Å². The monoisotopic (exact) mass is 315 g/mol. The van der Waals surface area contributed by atoms with Gasteiger partial charge in [-0.05, 0) is 18.9 Å². The fraction of sp³-hybridized carbons (Fsp3) is 0.455. The van der Waals surface area contributed by atoms with Crippen LogP contribution in [0, 0.1) is 20.2 Å². The highest BCUT2D eigenvalue weighted by Crippen LogP contribution is 2.31. The van der Waals surface area contributed by atoms with Gasteiger partial charge in [0.2, 0.25) is 10.0 Å². The van der Waals surface area contributed by atoms with Crippen molar-refractivity contribution in [1.29, 1.82) is 0 Å². The molecule has 1 aliphatic heterocycles. The number of piperidine rings is 1. The quantitative estimate of drug-likeness (QED) is 0.615. The highest BCUT2D eigenvalue weighted by atomic mass is 32.2. The summed E-state index contributed by atoms with van der Waals surface area (Å²) in [6, 6.07) is 2.57. The molecule has 0 atom stereocenters. The third-order valence-electron chi connectivity index (χ3n) is 3.28. The van der Waals surface area contributed by atoms with Gasteiger partial charge in [-0.15, -0.1) is 0 Å². The van der Waals surface area contributed by atoms with Crippen LogP contribution >= 0.6 is 0 Å². The van der Waals surface area contributed by atoms with E-state index in [1.54, 1.807) is 0 Å². The number of hydrogen-bond donors (Lipinski definition) is 0. The Kier molecular flexibility index (Phi) is 4.19. The van der Waals surface area contributed by atoms with Crippen molar-refractivity contribution in [2.45, 2.75) is 24.2 Å². The van der Waals surface area contributed by atoms with Crippen LogP contribution in [0.4, 0.5) is 11.4 Å². The van der Waals surface area contributed by atoms with Gasteiger partial charge in [-0.1, -0.05) is 6.42 Å². The van der Waals surface area contributed by atoms with E-state index in [1.165, 1.54) is 4.31 Å². The molecule has 0 spiro atoms. The molecular weight excluding hydrogens is 302 g/mol. The van der Waals surface area contributed by atoms with Gasteiger partial charge in [-0.25, -0.2) is 8.42 Å². The molecule has 10 heteroatoms. The second kappa shape index (κ2) is 5.74. The molecule has 21 heavy (non-hydrogen) atoms. The van der Waals surface area contributed by atoms with Crippen molar-refractivity contribution >= 4 is 21.4 Å². The minimum Gasteiger partial charge on any atom is -0.258 e. The largest absolute Gasteiger partial charge is 0.296 e. The smallest absolute Gasteiger partial charge is 0.258 e. The second-order valence-electron chi connectivity index (χ2n) is 4.63. The number of nitro benzene ring substituents is 2. The van der Waals surface area contributed by atoms with Crippen molar-refractivity contribution in [3.63, 3.8) is 0 Å². The van der Waals surface area contributed by atoms with Crippen LogP contribution in [0.2, 0.25) is 0 Å². The van der Waals surface area contributed by atoms with Gasteiger partial charge in [0, 0.05) is 19.2 Å². The highest BCUT2D eigenvalue weighted by molar-refractivity contribution is 7.89. The third-order valence-corrected chi connectivity index (χ3v) is 5.23. The minimum atomic E-state index is -4.01. The number of nitro groups is 2. The first-order chi connectivity index (χ1) is 9.84. The van der Waals surface area contributed by atoms with E-state index >= 15 is 0 Å². The summed E-state index contributed by atoms with van der Waals surface area (Å²) in [7, 11) is -4.01.